The second-order valence-electron chi connectivity index (χ2n) is 6.75. The maximum Gasteiger partial charge on any atom is 0.325 e. The number of anilines is 1. The Balaban J connectivity index is 1.29. The highest BCUT2D eigenvalue weighted by molar-refractivity contribution is 5.96. The summed E-state index contributed by atoms with van der Waals surface area (Å²) < 4.78 is 16.1. The van der Waals surface area contributed by atoms with Crippen molar-refractivity contribution in [2.45, 2.75) is 13.5 Å². The van der Waals surface area contributed by atoms with Crippen molar-refractivity contribution in [3.05, 3.63) is 48.0 Å². The Labute approximate surface area is 168 Å². The Kier molecular flexibility index (Phi) is 5.41. The zero-order valence-corrected chi connectivity index (χ0v) is 16.2. The van der Waals surface area contributed by atoms with Crippen molar-refractivity contribution in [2.75, 3.05) is 37.9 Å². The molecule has 2 aromatic rings. The van der Waals surface area contributed by atoms with E-state index in [1.165, 1.54) is 0 Å². The molecular formula is C21H23N3O5. The Hall–Kier alpha value is -3.42. The van der Waals surface area contributed by atoms with E-state index in [0.717, 1.165) is 17.0 Å². The molecule has 0 spiro atoms. The Morgan fingerprint density at radius 2 is 1.90 bits per heavy atom. The van der Waals surface area contributed by atoms with Gasteiger partial charge in [0.1, 0.15) is 12.3 Å². The summed E-state index contributed by atoms with van der Waals surface area (Å²) in [4.78, 5) is 28.2. The van der Waals surface area contributed by atoms with Gasteiger partial charge in [-0.3, -0.25) is 9.69 Å². The van der Waals surface area contributed by atoms with Crippen molar-refractivity contribution < 1.29 is 23.8 Å². The highest BCUT2D eigenvalue weighted by Crippen LogP contribution is 2.32. The molecule has 4 rings (SSSR count). The van der Waals surface area contributed by atoms with Crippen LogP contribution in [0.4, 0.5) is 10.5 Å². The van der Waals surface area contributed by atoms with Gasteiger partial charge in [-0.15, -0.1) is 0 Å². The number of amides is 3. The van der Waals surface area contributed by atoms with E-state index in [0.29, 0.717) is 37.7 Å². The first-order valence-corrected chi connectivity index (χ1v) is 9.58. The van der Waals surface area contributed by atoms with Crippen LogP contribution in [0, 0.1) is 0 Å². The monoisotopic (exact) mass is 397 g/mol. The molecular weight excluding hydrogens is 374 g/mol. The third-order valence-electron chi connectivity index (χ3n) is 4.82. The second kappa shape index (κ2) is 8.30. The molecule has 0 unspecified atom stereocenters. The van der Waals surface area contributed by atoms with Crippen molar-refractivity contribution in [3.63, 3.8) is 0 Å². The van der Waals surface area contributed by atoms with Crippen LogP contribution >= 0.6 is 0 Å². The number of hydrogen-bond donors (Lipinski definition) is 1. The van der Waals surface area contributed by atoms with Crippen molar-refractivity contribution in [1.82, 2.24) is 10.2 Å². The van der Waals surface area contributed by atoms with Gasteiger partial charge >= 0.3 is 6.03 Å². The molecule has 2 aliphatic rings. The third kappa shape index (κ3) is 4.21. The topological polar surface area (TPSA) is 80.3 Å². The maximum atomic E-state index is 12.7. The predicted molar refractivity (Wildman–Crippen MR) is 106 cm³/mol. The molecule has 0 saturated carbocycles. The lowest BCUT2D eigenvalue weighted by atomic mass is 10.2. The standard InChI is InChI=1S/C21H23N3O5/c1-2-27-17-6-4-16(5-7-17)24-10-9-23(21(24)26)13-20(25)22-12-15-3-8-18-19(11-15)29-14-28-18/h3-8,11H,2,9-10,12-14H2,1H3,(H,22,25). The highest BCUT2D eigenvalue weighted by Gasteiger charge is 2.30. The molecule has 1 fully saturated rings. The van der Waals surface area contributed by atoms with E-state index in [-0.39, 0.29) is 25.3 Å². The average molecular weight is 397 g/mol. The zero-order valence-electron chi connectivity index (χ0n) is 16.2. The van der Waals surface area contributed by atoms with E-state index < -0.39 is 0 Å². The normalized spacial score (nSPS) is 15.0. The molecule has 2 aromatic carbocycles. The van der Waals surface area contributed by atoms with Gasteiger partial charge in [-0.2, -0.15) is 0 Å². The Morgan fingerprint density at radius 1 is 1.10 bits per heavy atom. The van der Waals surface area contributed by atoms with Gasteiger partial charge in [0.05, 0.1) is 6.61 Å². The molecule has 1 N–H and O–H groups in total. The van der Waals surface area contributed by atoms with Crippen molar-refractivity contribution >= 4 is 17.6 Å². The molecule has 29 heavy (non-hydrogen) atoms. The number of rotatable bonds is 7. The number of nitrogens with zero attached hydrogens (tertiary/aromatic N) is 2. The van der Waals surface area contributed by atoms with Crippen molar-refractivity contribution in [1.29, 1.82) is 0 Å². The summed E-state index contributed by atoms with van der Waals surface area (Å²) in [7, 11) is 0. The Bertz CT molecular complexity index is 900. The van der Waals surface area contributed by atoms with Gasteiger partial charge in [0.15, 0.2) is 11.5 Å². The predicted octanol–water partition coefficient (Wildman–Crippen LogP) is 2.37. The number of ether oxygens (including phenoxy) is 3. The third-order valence-corrected chi connectivity index (χ3v) is 4.82. The first-order chi connectivity index (χ1) is 14.1. The zero-order chi connectivity index (χ0) is 20.2. The summed E-state index contributed by atoms with van der Waals surface area (Å²) in [5.41, 5.74) is 1.70. The molecule has 0 aromatic heterocycles. The van der Waals surface area contributed by atoms with Crippen LogP contribution in [0.2, 0.25) is 0 Å². The van der Waals surface area contributed by atoms with Crippen LogP contribution in [0.1, 0.15) is 12.5 Å². The van der Waals surface area contributed by atoms with E-state index in [2.05, 4.69) is 5.32 Å². The molecule has 152 valence electrons. The average Bonchev–Trinajstić information content (AvgIpc) is 3.34. The van der Waals surface area contributed by atoms with Gasteiger partial charge in [0.25, 0.3) is 0 Å². The fourth-order valence-electron chi connectivity index (χ4n) is 3.34. The fraction of sp³-hybridized carbons (Fsp3) is 0.333. The number of urea groups is 1. The van der Waals surface area contributed by atoms with Crippen LogP contribution in [0.5, 0.6) is 17.2 Å². The van der Waals surface area contributed by atoms with Gasteiger partial charge in [0.2, 0.25) is 12.7 Å². The minimum Gasteiger partial charge on any atom is -0.494 e. The van der Waals surface area contributed by atoms with Crippen LogP contribution in [0.25, 0.3) is 0 Å². The quantitative estimate of drug-likeness (QED) is 0.776. The largest absolute Gasteiger partial charge is 0.494 e. The molecule has 3 amide bonds. The SMILES string of the molecule is CCOc1ccc(N2CCN(CC(=O)NCc3ccc4c(c3)OCO4)C2=O)cc1. The minimum absolute atomic E-state index is 0.0247. The van der Waals surface area contributed by atoms with Gasteiger partial charge in [-0.1, -0.05) is 6.07 Å². The summed E-state index contributed by atoms with van der Waals surface area (Å²) in [6.07, 6.45) is 0. The van der Waals surface area contributed by atoms with Gasteiger partial charge < -0.3 is 24.4 Å². The summed E-state index contributed by atoms with van der Waals surface area (Å²) in [5.74, 6) is 1.95. The maximum absolute atomic E-state index is 12.7. The van der Waals surface area contributed by atoms with Crippen LogP contribution in [-0.4, -0.2) is 49.9 Å². The molecule has 2 heterocycles. The van der Waals surface area contributed by atoms with E-state index in [4.69, 9.17) is 14.2 Å². The van der Waals surface area contributed by atoms with Gasteiger partial charge in [-0.05, 0) is 48.9 Å². The highest BCUT2D eigenvalue weighted by atomic mass is 16.7. The molecule has 2 aliphatic heterocycles. The minimum atomic E-state index is -0.204. The molecule has 8 heteroatoms. The number of nitrogens with one attached hydrogen (secondary N) is 1. The summed E-state index contributed by atoms with van der Waals surface area (Å²) >= 11 is 0. The van der Waals surface area contributed by atoms with Crippen molar-refractivity contribution in [3.8, 4) is 17.2 Å². The summed E-state index contributed by atoms with van der Waals surface area (Å²) in [6.45, 7) is 4.17. The van der Waals surface area contributed by atoms with Crippen LogP contribution in [0.3, 0.4) is 0 Å². The lowest BCUT2D eigenvalue weighted by Gasteiger charge is -2.18. The molecule has 0 atom stereocenters. The summed E-state index contributed by atoms with van der Waals surface area (Å²) in [5, 5.41) is 2.85. The molecule has 8 nitrogen and oxygen atoms in total. The van der Waals surface area contributed by atoms with Gasteiger partial charge in [0, 0.05) is 25.3 Å². The lowest BCUT2D eigenvalue weighted by Crippen LogP contribution is -2.39. The van der Waals surface area contributed by atoms with E-state index >= 15 is 0 Å². The number of benzene rings is 2. The van der Waals surface area contributed by atoms with E-state index in [1.807, 2.05) is 49.4 Å². The molecule has 0 radical (unpaired) electrons. The van der Waals surface area contributed by atoms with Crippen LogP contribution in [-0.2, 0) is 11.3 Å². The van der Waals surface area contributed by atoms with E-state index in [1.54, 1.807) is 9.80 Å². The first-order valence-electron chi connectivity index (χ1n) is 9.58. The van der Waals surface area contributed by atoms with E-state index in [9.17, 15) is 9.59 Å². The first kappa shape index (κ1) is 18.9. The smallest absolute Gasteiger partial charge is 0.325 e. The number of carbonyl (C=O) groups excluding carboxylic acids is 2. The Morgan fingerprint density at radius 3 is 2.69 bits per heavy atom. The van der Waals surface area contributed by atoms with Crippen LogP contribution in [0.15, 0.2) is 42.5 Å². The van der Waals surface area contributed by atoms with Crippen LogP contribution < -0.4 is 24.4 Å². The molecule has 0 bridgehead atoms. The fourth-order valence-corrected chi connectivity index (χ4v) is 3.34. The van der Waals surface area contributed by atoms with Gasteiger partial charge in [-0.25, -0.2) is 4.79 Å². The lowest BCUT2D eigenvalue weighted by molar-refractivity contribution is -0.121. The molecule has 1 saturated heterocycles. The number of carbonyl (C=O) groups is 2. The second-order valence-corrected chi connectivity index (χ2v) is 6.75. The summed E-state index contributed by atoms with van der Waals surface area (Å²) in [6, 6.07) is 12.8. The number of hydrogen-bond acceptors (Lipinski definition) is 5. The number of fused-ring (bicyclic) bond motifs is 1. The van der Waals surface area contributed by atoms with Crippen molar-refractivity contribution in [2.24, 2.45) is 0 Å². The molecule has 0 aliphatic carbocycles.